The van der Waals surface area contributed by atoms with Crippen LogP contribution in [0.4, 0.5) is 5.13 Å². The summed E-state index contributed by atoms with van der Waals surface area (Å²) in [6.07, 6.45) is 0. The number of nitrogens with one attached hydrogen (secondary N) is 2. The average molecular weight is 450 g/mol. The van der Waals surface area contributed by atoms with Crippen molar-refractivity contribution in [3.8, 4) is 16.9 Å². The van der Waals surface area contributed by atoms with Crippen molar-refractivity contribution < 1.29 is 17.6 Å². The molecule has 0 spiro atoms. The average Bonchev–Trinajstić information content (AvgIpc) is 3.29. The molecule has 0 saturated heterocycles. The van der Waals surface area contributed by atoms with Gasteiger partial charge in [-0.2, -0.15) is 8.42 Å². The minimum Gasteiger partial charge on any atom is -0.281 e. The Morgan fingerprint density at radius 3 is 2.52 bits per heavy atom. The van der Waals surface area contributed by atoms with Crippen LogP contribution in [-0.4, -0.2) is 18.7 Å². The molecular formula is C18H14ClN4O4S2+. The Morgan fingerprint density at radius 1 is 1.14 bits per heavy atom. The van der Waals surface area contributed by atoms with Gasteiger partial charge >= 0.3 is 20.7 Å². The van der Waals surface area contributed by atoms with E-state index in [4.69, 9.17) is 16.1 Å². The predicted octanol–water partition coefficient (Wildman–Crippen LogP) is 3.13. The van der Waals surface area contributed by atoms with Crippen molar-refractivity contribution in [2.75, 3.05) is 4.72 Å². The van der Waals surface area contributed by atoms with E-state index in [1.807, 2.05) is 6.92 Å². The lowest BCUT2D eigenvalue weighted by molar-refractivity contribution is -0.705. The first-order valence-electron chi connectivity index (χ1n) is 8.28. The van der Waals surface area contributed by atoms with Crippen LogP contribution in [-0.2, 0) is 10.0 Å². The number of nitrogens with zero attached hydrogens (tertiary/aromatic N) is 2. The molecule has 4 aromatic rings. The lowest BCUT2D eigenvalue weighted by Gasteiger charge is -2.00. The van der Waals surface area contributed by atoms with Crippen molar-refractivity contribution in [1.82, 2.24) is 10.3 Å². The Morgan fingerprint density at radius 2 is 1.83 bits per heavy atom. The third kappa shape index (κ3) is 3.95. The van der Waals surface area contributed by atoms with Gasteiger partial charge in [-0.3, -0.25) is 4.52 Å². The second-order valence-electron chi connectivity index (χ2n) is 6.11. The van der Waals surface area contributed by atoms with Crippen LogP contribution in [0.2, 0.25) is 5.02 Å². The molecule has 0 saturated carbocycles. The van der Waals surface area contributed by atoms with Crippen LogP contribution < -0.4 is 15.0 Å². The number of rotatable bonds is 5. The highest BCUT2D eigenvalue weighted by Gasteiger charge is 2.37. The number of halogens is 1. The summed E-state index contributed by atoms with van der Waals surface area (Å²) in [4.78, 5) is 16.4. The fourth-order valence-electron chi connectivity index (χ4n) is 2.59. The van der Waals surface area contributed by atoms with Crippen LogP contribution in [0.25, 0.3) is 16.9 Å². The van der Waals surface area contributed by atoms with Gasteiger partial charge in [-0.25, -0.2) is 14.5 Å². The van der Waals surface area contributed by atoms with E-state index in [1.54, 1.807) is 53.9 Å². The van der Waals surface area contributed by atoms with Crippen molar-refractivity contribution >= 4 is 38.1 Å². The Hall–Kier alpha value is -2.95. The van der Waals surface area contributed by atoms with Crippen molar-refractivity contribution in [3.63, 3.8) is 0 Å². The molecular weight excluding hydrogens is 436 g/mol. The maximum absolute atomic E-state index is 12.9. The van der Waals surface area contributed by atoms with Gasteiger partial charge in [0.1, 0.15) is 0 Å². The summed E-state index contributed by atoms with van der Waals surface area (Å²) in [6.45, 7) is 1.90. The van der Waals surface area contributed by atoms with Gasteiger partial charge in [0.25, 0.3) is 0 Å². The van der Waals surface area contributed by atoms with Gasteiger partial charge in [-0.05, 0) is 29.0 Å². The second-order valence-corrected chi connectivity index (χ2v) is 9.00. The van der Waals surface area contributed by atoms with Gasteiger partial charge in [0, 0.05) is 28.1 Å². The van der Waals surface area contributed by atoms with Crippen molar-refractivity contribution in [2.45, 2.75) is 11.9 Å². The van der Waals surface area contributed by atoms with Gasteiger partial charge in [-0.1, -0.05) is 41.4 Å². The number of benzene rings is 2. The van der Waals surface area contributed by atoms with Gasteiger partial charge in [0.05, 0.1) is 5.69 Å². The van der Waals surface area contributed by atoms with E-state index < -0.39 is 20.7 Å². The first-order valence-corrected chi connectivity index (χ1v) is 11.0. The zero-order valence-corrected chi connectivity index (χ0v) is 17.3. The number of aromatic amines is 1. The Labute approximate surface area is 174 Å². The number of H-pyrrole nitrogens is 1. The van der Waals surface area contributed by atoms with E-state index in [9.17, 15) is 13.2 Å². The number of hydrogen-bond acceptors (Lipinski definition) is 6. The first kappa shape index (κ1) is 19.4. The van der Waals surface area contributed by atoms with Crippen LogP contribution in [0.1, 0.15) is 5.56 Å². The normalized spacial score (nSPS) is 11.5. The molecule has 0 bridgehead atoms. The summed E-state index contributed by atoms with van der Waals surface area (Å²) in [7, 11) is -4.26. The minimum absolute atomic E-state index is 0.117. The smallest absolute Gasteiger partial charge is 0.281 e. The molecule has 11 heteroatoms. The fraction of sp³-hybridized carbons (Fsp3) is 0.0556. The highest BCUT2D eigenvalue weighted by molar-refractivity contribution is 7.92. The molecule has 0 aliphatic carbocycles. The molecule has 0 amide bonds. The zero-order valence-electron chi connectivity index (χ0n) is 14.9. The molecule has 2 N–H and O–H groups in total. The Kier molecular flexibility index (Phi) is 4.99. The molecule has 0 aliphatic rings. The lowest BCUT2D eigenvalue weighted by atomic mass is 10.2. The number of hydrogen-bond donors (Lipinski definition) is 2. The summed E-state index contributed by atoms with van der Waals surface area (Å²) < 4.78 is 33.9. The van der Waals surface area contributed by atoms with E-state index in [0.29, 0.717) is 16.4 Å². The third-order valence-electron chi connectivity index (χ3n) is 4.02. The standard InChI is InChI=1S/C18H13ClN4O4S2/c1-11-2-8-14(9-3-11)23-16(17(24)27-22-23)29(25,26)21-18-20-15(10-28-18)12-4-6-13(19)7-5-12/h2-10H,1H3,(H-,20,21,22,24)/p+1. The topological polar surface area (TPSA) is 109 Å². The molecule has 0 fully saturated rings. The fourth-order valence-corrected chi connectivity index (χ4v) is 4.82. The largest absolute Gasteiger partial charge is 0.449 e. The number of thiazole rings is 1. The molecule has 29 heavy (non-hydrogen) atoms. The summed E-state index contributed by atoms with van der Waals surface area (Å²) in [5.74, 6) is 0. The molecule has 0 aliphatic heterocycles. The third-order valence-corrected chi connectivity index (χ3v) is 6.48. The molecule has 2 aromatic carbocycles. The zero-order chi connectivity index (χ0) is 20.6. The molecule has 2 heterocycles. The van der Waals surface area contributed by atoms with E-state index in [0.717, 1.165) is 27.1 Å². The number of sulfonamides is 1. The van der Waals surface area contributed by atoms with Crippen molar-refractivity contribution in [3.05, 3.63) is 74.9 Å². The Bertz CT molecular complexity index is 1320. The van der Waals surface area contributed by atoms with Gasteiger partial charge in [0.2, 0.25) is 5.69 Å². The number of anilines is 1. The Balaban J connectivity index is 1.67. The van der Waals surface area contributed by atoms with E-state index in [-0.39, 0.29) is 5.13 Å². The SMILES string of the molecule is Cc1ccc(-[n+]2[nH]oc(=O)c2S(=O)(=O)Nc2nc(-c3ccc(Cl)cc3)cs2)cc1. The monoisotopic (exact) mass is 449 g/mol. The van der Waals surface area contributed by atoms with Gasteiger partial charge in [-0.15, -0.1) is 11.3 Å². The highest BCUT2D eigenvalue weighted by atomic mass is 35.5. The van der Waals surface area contributed by atoms with Crippen LogP contribution in [0.3, 0.4) is 0 Å². The second kappa shape index (κ2) is 7.47. The first-order chi connectivity index (χ1) is 13.8. The van der Waals surface area contributed by atoms with Gasteiger partial charge in [0.15, 0.2) is 5.13 Å². The van der Waals surface area contributed by atoms with E-state index in [2.05, 4.69) is 15.0 Å². The summed E-state index contributed by atoms with van der Waals surface area (Å²) in [5, 5.41) is 4.15. The highest BCUT2D eigenvalue weighted by Crippen LogP contribution is 2.27. The quantitative estimate of drug-likeness (QED) is 0.455. The molecule has 8 nitrogen and oxygen atoms in total. The maximum atomic E-state index is 12.9. The minimum atomic E-state index is -4.26. The van der Waals surface area contributed by atoms with Crippen molar-refractivity contribution in [2.24, 2.45) is 0 Å². The van der Waals surface area contributed by atoms with Crippen LogP contribution >= 0.6 is 22.9 Å². The molecule has 4 rings (SSSR count). The predicted molar refractivity (Wildman–Crippen MR) is 109 cm³/mol. The van der Waals surface area contributed by atoms with E-state index in [1.165, 1.54) is 0 Å². The molecule has 2 aromatic heterocycles. The molecule has 0 radical (unpaired) electrons. The number of aryl methyl sites for hydroxylation is 1. The van der Waals surface area contributed by atoms with Crippen LogP contribution in [0.5, 0.6) is 0 Å². The summed E-state index contributed by atoms with van der Waals surface area (Å²) in [5.41, 5.74) is 1.76. The summed E-state index contributed by atoms with van der Waals surface area (Å²) in [6, 6.07) is 13.9. The molecule has 0 atom stereocenters. The summed E-state index contributed by atoms with van der Waals surface area (Å²) >= 11 is 6.98. The van der Waals surface area contributed by atoms with E-state index >= 15 is 0 Å². The molecule has 148 valence electrons. The lowest BCUT2D eigenvalue weighted by Crippen LogP contribution is -2.42. The van der Waals surface area contributed by atoms with Crippen LogP contribution in [0, 0.1) is 6.92 Å². The van der Waals surface area contributed by atoms with Crippen molar-refractivity contribution in [1.29, 1.82) is 0 Å². The van der Waals surface area contributed by atoms with Crippen LogP contribution in [0.15, 0.2) is 68.3 Å². The number of aromatic nitrogens is 3. The van der Waals surface area contributed by atoms with Gasteiger partial charge < -0.3 is 0 Å². The maximum Gasteiger partial charge on any atom is 0.449 e. The molecule has 0 unspecified atom stereocenters.